The molecule has 0 aliphatic carbocycles. The second-order valence-electron chi connectivity index (χ2n) is 3.56. The molecule has 97 valence electrons. The molecule has 0 aromatic heterocycles. The molecule has 0 aliphatic heterocycles. The molecule has 1 radical (unpaired) electrons. The van der Waals surface area contributed by atoms with Crippen LogP contribution in [0.5, 0.6) is 0 Å². The molecular weight excluding hydrogens is 313 g/mol. The number of hydrogen-bond acceptors (Lipinski definition) is 4. The maximum atomic E-state index is 12.0. The quantitative estimate of drug-likeness (QED) is 0.306. The van der Waals surface area contributed by atoms with E-state index in [4.69, 9.17) is 5.26 Å². The van der Waals surface area contributed by atoms with Gasteiger partial charge in [-0.1, -0.05) is 0 Å². The summed E-state index contributed by atoms with van der Waals surface area (Å²) in [6.45, 7) is 0. The molecule has 0 amide bonds. The number of para-hydroxylation sites is 1. The van der Waals surface area contributed by atoms with Crippen molar-refractivity contribution in [2.75, 3.05) is 0 Å². The van der Waals surface area contributed by atoms with Crippen LogP contribution in [0.1, 0.15) is 5.56 Å². The Bertz CT molecular complexity index is 613. The summed E-state index contributed by atoms with van der Waals surface area (Å²) in [5.74, 6) is -0.525. The van der Waals surface area contributed by atoms with E-state index in [1.165, 1.54) is 12.1 Å². The average molecular weight is 323 g/mol. The van der Waals surface area contributed by atoms with Crippen molar-refractivity contribution in [3.63, 3.8) is 0 Å². The minimum atomic E-state index is -3.08. The fourth-order valence-corrected chi connectivity index (χ4v) is 2.78. The maximum absolute atomic E-state index is 12.0. The monoisotopic (exact) mass is 324 g/mol. The second-order valence-corrected chi connectivity index (χ2v) is 5.78. The van der Waals surface area contributed by atoms with Gasteiger partial charge in [-0.25, -0.2) is 0 Å². The van der Waals surface area contributed by atoms with E-state index in [1.807, 2.05) is 6.07 Å². The van der Waals surface area contributed by atoms with E-state index in [0.29, 0.717) is 5.69 Å². The second kappa shape index (κ2) is 6.36. The van der Waals surface area contributed by atoms with Crippen LogP contribution in [0.2, 0.25) is 0 Å². The zero-order valence-corrected chi connectivity index (χ0v) is 11.4. The fourth-order valence-electron chi connectivity index (χ4n) is 1.51. The van der Waals surface area contributed by atoms with Crippen LogP contribution in [0.4, 0.5) is 5.69 Å². The van der Waals surface area contributed by atoms with Crippen molar-refractivity contribution >= 4 is 30.2 Å². The SMILES string of the molecule is [O]C(=Nc1ccccc1)c1ccccc1[Se](=O)OO. The van der Waals surface area contributed by atoms with Crippen LogP contribution in [0.25, 0.3) is 0 Å². The number of benzene rings is 2. The van der Waals surface area contributed by atoms with E-state index in [1.54, 1.807) is 36.4 Å². The van der Waals surface area contributed by atoms with E-state index >= 15 is 0 Å². The molecule has 6 heteroatoms. The van der Waals surface area contributed by atoms with Gasteiger partial charge < -0.3 is 0 Å². The van der Waals surface area contributed by atoms with Gasteiger partial charge in [-0.3, -0.25) is 0 Å². The molecule has 1 atom stereocenters. The third-order valence-electron chi connectivity index (χ3n) is 2.35. The van der Waals surface area contributed by atoms with Crippen LogP contribution in [-0.4, -0.2) is 25.3 Å². The summed E-state index contributed by atoms with van der Waals surface area (Å²) in [5.41, 5.74) is 0.676. The standard InChI is InChI=1S/C13H10NO4Se/c15-13(14-10-6-2-1-3-7-10)11-8-4-5-9-12(11)19(17)18-16/h1-9,16H. The van der Waals surface area contributed by atoms with Gasteiger partial charge in [0.1, 0.15) is 0 Å². The molecule has 2 aromatic rings. The molecule has 1 unspecified atom stereocenters. The number of nitrogens with zero attached hydrogens (tertiary/aromatic N) is 1. The normalized spacial score (nSPS) is 13.2. The zero-order chi connectivity index (χ0) is 13.7. The Balaban J connectivity index is 2.42. The first-order valence-corrected chi connectivity index (χ1v) is 7.61. The van der Waals surface area contributed by atoms with Crippen LogP contribution in [0, 0.1) is 0 Å². The Morgan fingerprint density at radius 3 is 2.37 bits per heavy atom. The molecule has 1 N–H and O–H groups in total. The predicted molar refractivity (Wildman–Crippen MR) is 69.6 cm³/mol. The van der Waals surface area contributed by atoms with Gasteiger partial charge in [0, 0.05) is 0 Å². The van der Waals surface area contributed by atoms with E-state index < -0.39 is 20.1 Å². The topological polar surface area (TPSA) is 78.8 Å². The van der Waals surface area contributed by atoms with Gasteiger partial charge in [0.2, 0.25) is 0 Å². The van der Waals surface area contributed by atoms with Gasteiger partial charge in [0.05, 0.1) is 0 Å². The fraction of sp³-hybridized carbons (Fsp3) is 0. The molecule has 0 fully saturated rings. The van der Waals surface area contributed by atoms with Crippen molar-refractivity contribution in [1.82, 2.24) is 0 Å². The van der Waals surface area contributed by atoms with Gasteiger partial charge in [-0.05, 0) is 0 Å². The minimum absolute atomic E-state index is 0.167. The van der Waals surface area contributed by atoms with Crippen LogP contribution < -0.4 is 4.46 Å². The first kappa shape index (κ1) is 13.6. The molecule has 0 aliphatic rings. The Kier molecular flexibility index (Phi) is 4.54. The summed E-state index contributed by atoms with van der Waals surface area (Å²) in [7, 11) is 0. The Morgan fingerprint density at radius 1 is 1.05 bits per heavy atom. The molecule has 2 aromatic carbocycles. The molecule has 0 heterocycles. The molecule has 19 heavy (non-hydrogen) atoms. The molecule has 2 rings (SSSR count). The van der Waals surface area contributed by atoms with E-state index in [2.05, 4.69) is 8.96 Å². The summed E-state index contributed by atoms with van der Waals surface area (Å²) in [6, 6.07) is 14.9. The van der Waals surface area contributed by atoms with Crippen molar-refractivity contribution in [3.05, 3.63) is 60.2 Å². The summed E-state index contributed by atoms with van der Waals surface area (Å²) in [6.07, 6.45) is 0. The van der Waals surface area contributed by atoms with E-state index in [0.717, 1.165) is 0 Å². The van der Waals surface area contributed by atoms with Gasteiger partial charge >= 0.3 is 114 Å². The first-order chi connectivity index (χ1) is 9.22. The molecule has 5 nitrogen and oxygen atoms in total. The molecule has 0 spiro atoms. The first-order valence-electron chi connectivity index (χ1n) is 5.36. The van der Waals surface area contributed by atoms with Crippen molar-refractivity contribution in [2.24, 2.45) is 4.99 Å². The van der Waals surface area contributed by atoms with Crippen molar-refractivity contribution in [2.45, 2.75) is 0 Å². The number of rotatable bonds is 4. The van der Waals surface area contributed by atoms with Crippen LogP contribution >= 0.6 is 0 Å². The molecule has 0 bridgehead atoms. The van der Waals surface area contributed by atoms with Gasteiger partial charge in [0.25, 0.3) is 0 Å². The van der Waals surface area contributed by atoms with Crippen LogP contribution in [0.15, 0.2) is 59.6 Å². The van der Waals surface area contributed by atoms with Crippen molar-refractivity contribution in [1.29, 1.82) is 0 Å². The van der Waals surface area contributed by atoms with Gasteiger partial charge in [-0.15, -0.1) is 0 Å². The van der Waals surface area contributed by atoms with E-state index in [9.17, 15) is 8.94 Å². The molecule has 0 saturated carbocycles. The zero-order valence-electron chi connectivity index (χ0n) is 9.72. The number of aliphatic imine (C=N–C) groups is 1. The molecule has 0 saturated heterocycles. The Hall–Kier alpha value is -1.85. The summed E-state index contributed by atoms with van der Waals surface area (Å²) < 4.78 is 15.6. The molecular formula is C13H10NO4Se. The summed E-state index contributed by atoms with van der Waals surface area (Å²) in [4.78, 5) is 3.91. The average Bonchev–Trinajstić information content (AvgIpc) is 2.47. The number of hydrogen-bond donors (Lipinski definition) is 1. The Labute approximate surface area is 114 Å². The van der Waals surface area contributed by atoms with E-state index in [-0.39, 0.29) is 10.0 Å². The Morgan fingerprint density at radius 2 is 1.68 bits per heavy atom. The summed E-state index contributed by atoms with van der Waals surface area (Å²) in [5, 5.41) is 20.5. The van der Waals surface area contributed by atoms with Crippen LogP contribution in [-0.2, 0) is 12.9 Å². The third-order valence-corrected chi connectivity index (χ3v) is 4.14. The third kappa shape index (κ3) is 3.33. The van der Waals surface area contributed by atoms with Crippen LogP contribution in [0.3, 0.4) is 0 Å². The van der Waals surface area contributed by atoms with Crippen molar-refractivity contribution in [3.8, 4) is 0 Å². The van der Waals surface area contributed by atoms with Crippen molar-refractivity contribution < 1.29 is 18.2 Å². The summed E-state index contributed by atoms with van der Waals surface area (Å²) >= 11 is -3.08. The van der Waals surface area contributed by atoms with Gasteiger partial charge in [0.15, 0.2) is 0 Å². The van der Waals surface area contributed by atoms with Gasteiger partial charge in [-0.2, -0.15) is 0 Å². The predicted octanol–water partition coefficient (Wildman–Crippen LogP) is 1.81.